The molecule has 0 saturated carbocycles. The van der Waals surface area contributed by atoms with Gasteiger partial charge in [-0.25, -0.2) is 0 Å². The number of piperidine rings is 1. The van der Waals surface area contributed by atoms with E-state index in [0.29, 0.717) is 24.0 Å². The summed E-state index contributed by atoms with van der Waals surface area (Å²) >= 11 is 0. The van der Waals surface area contributed by atoms with Crippen LogP contribution in [0.3, 0.4) is 0 Å². The summed E-state index contributed by atoms with van der Waals surface area (Å²) in [5.74, 6) is 1.56. The lowest BCUT2D eigenvalue weighted by atomic mass is 9.99. The zero-order valence-electron chi connectivity index (χ0n) is 15.2. The lowest BCUT2D eigenvalue weighted by molar-refractivity contribution is 0.0607. The van der Waals surface area contributed by atoms with Crippen molar-refractivity contribution in [3.63, 3.8) is 0 Å². The number of carbonyl (C=O) groups excluding carboxylic acids is 1. The summed E-state index contributed by atoms with van der Waals surface area (Å²) in [4.78, 5) is 14.9. The van der Waals surface area contributed by atoms with Crippen molar-refractivity contribution in [2.75, 3.05) is 6.54 Å². The Hall–Kier alpha value is -2.30. The van der Waals surface area contributed by atoms with Gasteiger partial charge in [-0.05, 0) is 57.7 Å². The molecule has 0 spiro atoms. The molecule has 1 aromatic heterocycles. The highest BCUT2D eigenvalue weighted by molar-refractivity contribution is 5.94. The second kappa shape index (κ2) is 7.72. The fourth-order valence-corrected chi connectivity index (χ4v) is 3.44. The van der Waals surface area contributed by atoms with Crippen molar-refractivity contribution < 1.29 is 14.1 Å². The summed E-state index contributed by atoms with van der Waals surface area (Å²) in [7, 11) is 0. The predicted octanol–water partition coefficient (Wildman–Crippen LogP) is 4.28. The first-order chi connectivity index (χ1) is 12.1. The van der Waals surface area contributed by atoms with Crippen LogP contribution in [-0.2, 0) is 6.61 Å². The number of amides is 1. The molecule has 0 radical (unpaired) electrons. The van der Waals surface area contributed by atoms with E-state index in [9.17, 15) is 4.79 Å². The molecule has 1 atom stereocenters. The highest BCUT2D eigenvalue weighted by Gasteiger charge is 2.26. The Kier molecular flexibility index (Phi) is 5.41. The van der Waals surface area contributed by atoms with E-state index in [1.165, 1.54) is 6.42 Å². The van der Waals surface area contributed by atoms with E-state index in [0.717, 1.165) is 42.8 Å². The van der Waals surface area contributed by atoms with Gasteiger partial charge in [-0.1, -0.05) is 18.1 Å². The predicted molar refractivity (Wildman–Crippen MR) is 95.7 cm³/mol. The van der Waals surface area contributed by atoms with Gasteiger partial charge >= 0.3 is 0 Å². The Labute approximate surface area is 148 Å². The maximum Gasteiger partial charge on any atom is 0.254 e. The number of hydrogen-bond acceptors (Lipinski definition) is 4. The second-order valence-corrected chi connectivity index (χ2v) is 6.68. The minimum absolute atomic E-state index is 0.106. The first kappa shape index (κ1) is 17.5. The molecule has 0 N–H and O–H groups in total. The smallest absolute Gasteiger partial charge is 0.254 e. The van der Waals surface area contributed by atoms with Gasteiger partial charge < -0.3 is 14.2 Å². The van der Waals surface area contributed by atoms with Crippen molar-refractivity contribution in [2.45, 2.75) is 59.1 Å². The largest absolute Gasteiger partial charge is 0.489 e. The van der Waals surface area contributed by atoms with Gasteiger partial charge in [-0.15, -0.1) is 0 Å². The van der Waals surface area contributed by atoms with Gasteiger partial charge in [-0.2, -0.15) is 0 Å². The standard InChI is InChI=1S/C20H26N2O3/c1-4-17-9-5-6-11-22(17)20(23)16-8-7-10-18(12-16)24-13-19-14(2)21-25-15(19)3/h7-8,10,12,17H,4-6,9,11,13H2,1-3H3/t17-/m1/s1. The molecule has 25 heavy (non-hydrogen) atoms. The van der Waals surface area contributed by atoms with Gasteiger partial charge in [0.2, 0.25) is 0 Å². The zero-order valence-corrected chi connectivity index (χ0v) is 15.2. The molecule has 1 aliphatic rings. The van der Waals surface area contributed by atoms with Gasteiger partial charge in [0.15, 0.2) is 0 Å². The number of benzene rings is 1. The summed E-state index contributed by atoms with van der Waals surface area (Å²) in [5, 5.41) is 3.94. The summed E-state index contributed by atoms with van der Waals surface area (Å²) < 4.78 is 11.0. The summed E-state index contributed by atoms with van der Waals surface area (Å²) in [6.07, 6.45) is 4.41. The number of carbonyl (C=O) groups is 1. The van der Waals surface area contributed by atoms with Gasteiger partial charge in [0, 0.05) is 18.2 Å². The van der Waals surface area contributed by atoms with Crippen LogP contribution in [-0.4, -0.2) is 28.6 Å². The number of likely N-dealkylation sites (tertiary alicyclic amines) is 1. The average Bonchev–Trinajstić information content (AvgIpc) is 2.97. The molecule has 0 bridgehead atoms. The lowest BCUT2D eigenvalue weighted by Gasteiger charge is -2.35. The van der Waals surface area contributed by atoms with E-state index >= 15 is 0 Å². The molecular formula is C20H26N2O3. The van der Waals surface area contributed by atoms with Crippen molar-refractivity contribution in [3.8, 4) is 5.75 Å². The summed E-state index contributed by atoms with van der Waals surface area (Å²) in [5.41, 5.74) is 2.49. The van der Waals surface area contributed by atoms with Gasteiger partial charge in [0.05, 0.1) is 11.3 Å². The maximum atomic E-state index is 12.9. The second-order valence-electron chi connectivity index (χ2n) is 6.68. The van der Waals surface area contributed by atoms with Crippen LogP contribution < -0.4 is 4.74 Å². The molecule has 0 unspecified atom stereocenters. The highest BCUT2D eigenvalue weighted by atomic mass is 16.5. The molecule has 1 saturated heterocycles. The van der Waals surface area contributed by atoms with E-state index in [-0.39, 0.29) is 5.91 Å². The summed E-state index contributed by atoms with van der Waals surface area (Å²) in [6.45, 7) is 7.16. The Morgan fingerprint density at radius 1 is 1.36 bits per heavy atom. The Morgan fingerprint density at radius 3 is 2.92 bits per heavy atom. The normalized spacial score (nSPS) is 17.6. The Bertz CT molecular complexity index is 719. The minimum atomic E-state index is 0.106. The minimum Gasteiger partial charge on any atom is -0.489 e. The average molecular weight is 342 g/mol. The molecule has 3 rings (SSSR count). The van der Waals surface area contributed by atoms with E-state index < -0.39 is 0 Å². The first-order valence-corrected chi connectivity index (χ1v) is 9.05. The van der Waals surface area contributed by atoms with Crippen LogP contribution in [0.5, 0.6) is 5.75 Å². The molecule has 1 aromatic carbocycles. The maximum absolute atomic E-state index is 12.9. The van der Waals surface area contributed by atoms with Crippen LogP contribution in [0.4, 0.5) is 0 Å². The van der Waals surface area contributed by atoms with Crippen molar-refractivity contribution >= 4 is 5.91 Å². The third kappa shape index (κ3) is 3.86. The van der Waals surface area contributed by atoms with Crippen LogP contribution in [0.2, 0.25) is 0 Å². The molecule has 1 fully saturated rings. The van der Waals surface area contributed by atoms with Gasteiger partial charge in [-0.3, -0.25) is 4.79 Å². The lowest BCUT2D eigenvalue weighted by Crippen LogP contribution is -2.43. The van der Waals surface area contributed by atoms with Crippen molar-refractivity contribution in [1.82, 2.24) is 10.1 Å². The van der Waals surface area contributed by atoms with Crippen LogP contribution in [0.15, 0.2) is 28.8 Å². The highest BCUT2D eigenvalue weighted by Crippen LogP contribution is 2.24. The van der Waals surface area contributed by atoms with Crippen molar-refractivity contribution in [1.29, 1.82) is 0 Å². The number of aromatic nitrogens is 1. The van der Waals surface area contributed by atoms with E-state index in [4.69, 9.17) is 9.26 Å². The molecule has 0 aliphatic carbocycles. The summed E-state index contributed by atoms with van der Waals surface area (Å²) in [6, 6.07) is 7.81. The molecule has 5 heteroatoms. The number of nitrogens with zero attached hydrogens (tertiary/aromatic N) is 2. The fraction of sp³-hybridized carbons (Fsp3) is 0.500. The molecular weight excluding hydrogens is 316 g/mol. The fourth-order valence-electron chi connectivity index (χ4n) is 3.44. The Morgan fingerprint density at radius 2 is 2.20 bits per heavy atom. The number of ether oxygens (including phenoxy) is 1. The van der Waals surface area contributed by atoms with E-state index in [1.54, 1.807) is 0 Å². The SMILES string of the molecule is CC[C@@H]1CCCCN1C(=O)c1cccc(OCc2c(C)noc2C)c1. The van der Waals surface area contributed by atoms with Crippen LogP contribution >= 0.6 is 0 Å². The number of aryl methyl sites for hydroxylation is 2. The monoisotopic (exact) mass is 342 g/mol. The molecule has 2 aromatic rings. The quantitative estimate of drug-likeness (QED) is 0.814. The van der Waals surface area contributed by atoms with Crippen LogP contribution in [0.1, 0.15) is 60.0 Å². The first-order valence-electron chi connectivity index (χ1n) is 9.05. The molecule has 2 heterocycles. The van der Waals surface area contributed by atoms with E-state index in [2.05, 4.69) is 12.1 Å². The van der Waals surface area contributed by atoms with Crippen LogP contribution in [0, 0.1) is 13.8 Å². The third-order valence-corrected chi connectivity index (χ3v) is 5.00. The van der Waals surface area contributed by atoms with Gasteiger partial charge in [0.25, 0.3) is 5.91 Å². The number of hydrogen-bond donors (Lipinski definition) is 0. The van der Waals surface area contributed by atoms with Crippen LogP contribution in [0.25, 0.3) is 0 Å². The van der Waals surface area contributed by atoms with Crippen molar-refractivity contribution in [2.24, 2.45) is 0 Å². The number of rotatable bonds is 5. The zero-order chi connectivity index (χ0) is 17.8. The molecule has 1 amide bonds. The molecule has 1 aliphatic heterocycles. The van der Waals surface area contributed by atoms with E-state index in [1.807, 2.05) is 43.0 Å². The molecule has 5 nitrogen and oxygen atoms in total. The topological polar surface area (TPSA) is 55.6 Å². The van der Waals surface area contributed by atoms with Gasteiger partial charge in [0.1, 0.15) is 18.1 Å². The van der Waals surface area contributed by atoms with Crippen molar-refractivity contribution in [3.05, 3.63) is 46.8 Å². The Balaban J connectivity index is 1.71. The molecule has 134 valence electrons. The third-order valence-electron chi connectivity index (χ3n) is 5.00.